The fraction of sp³-hybridized carbons (Fsp3) is 0.500. The Morgan fingerprint density at radius 1 is 1.38 bits per heavy atom. The van der Waals surface area contributed by atoms with Crippen molar-refractivity contribution in [1.29, 1.82) is 0 Å². The Labute approximate surface area is 103 Å². The summed E-state index contributed by atoms with van der Waals surface area (Å²) in [5, 5.41) is 10.1. The van der Waals surface area contributed by atoms with E-state index in [1.54, 1.807) is 12.1 Å². The summed E-state index contributed by atoms with van der Waals surface area (Å²) in [6, 6.07) is 4.78. The first-order valence-corrected chi connectivity index (χ1v) is 6.18. The fourth-order valence-corrected chi connectivity index (χ4v) is 2.36. The molecule has 88 valence electrons. The third-order valence-corrected chi connectivity index (χ3v) is 3.49. The van der Waals surface area contributed by atoms with Crippen LogP contribution in [0.3, 0.4) is 0 Å². The summed E-state index contributed by atoms with van der Waals surface area (Å²) in [5.41, 5.74) is 0.384. The summed E-state index contributed by atoms with van der Waals surface area (Å²) in [6.07, 6.45) is 0.852. The van der Waals surface area contributed by atoms with Crippen molar-refractivity contribution < 1.29 is 14.2 Å². The second-order valence-corrected chi connectivity index (χ2v) is 4.98. The largest absolute Gasteiger partial charge is 0.388 e. The lowest BCUT2D eigenvalue weighted by molar-refractivity contribution is 0.00589. The third kappa shape index (κ3) is 2.62. The van der Waals surface area contributed by atoms with Crippen molar-refractivity contribution in [3.05, 3.63) is 34.1 Å². The predicted octanol–water partition coefficient (Wildman–Crippen LogP) is 3.05. The third-order valence-electron chi connectivity index (χ3n) is 2.99. The summed E-state index contributed by atoms with van der Waals surface area (Å²) >= 11 is 3.20. The molecule has 1 aliphatic heterocycles. The maximum Gasteiger partial charge on any atom is 0.130 e. The molecule has 1 aromatic carbocycles. The van der Waals surface area contributed by atoms with Gasteiger partial charge in [0.05, 0.1) is 6.10 Å². The Morgan fingerprint density at radius 3 is 2.69 bits per heavy atom. The standard InChI is InChI=1S/C12H14BrFO2/c13-9-1-2-10(11(14)7-9)12(15)8-3-5-16-6-4-8/h1-2,7-8,12,15H,3-6H2. The highest BCUT2D eigenvalue weighted by atomic mass is 79.9. The van der Waals surface area contributed by atoms with E-state index < -0.39 is 6.10 Å². The van der Waals surface area contributed by atoms with Crippen LogP contribution in [0.25, 0.3) is 0 Å². The smallest absolute Gasteiger partial charge is 0.130 e. The molecule has 1 aromatic rings. The summed E-state index contributed by atoms with van der Waals surface area (Å²) in [6.45, 7) is 1.31. The Morgan fingerprint density at radius 2 is 2.06 bits per heavy atom. The molecule has 2 nitrogen and oxygen atoms in total. The summed E-state index contributed by atoms with van der Waals surface area (Å²) in [4.78, 5) is 0. The SMILES string of the molecule is OC(c1ccc(Br)cc1F)C1CCOCC1. The van der Waals surface area contributed by atoms with Crippen LogP contribution in [0.2, 0.25) is 0 Å². The number of aliphatic hydroxyl groups is 1. The van der Waals surface area contributed by atoms with Crippen molar-refractivity contribution in [2.45, 2.75) is 18.9 Å². The molecule has 0 radical (unpaired) electrons. The van der Waals surface area contributed by atoms with Gasteiger partial charge in [-0.25, -0.2) is 4.39 Å². The molecule has 16 heavy (non-hydrogen) atoms. The molecule has 0 bridgehead atoms. The van der Waals surface area contributed by atoms with Crippen LogP contribution in [0.1, 0.15) is 24.5 Å². The van der Waals surface area contributed by atoms with Crippen molar-refractivity contribution in [3.63, 3.8) is 0 Å². The number of benzene rings is 1. The van der Waals surface area contributed by atoms with E-state index in [2.05, 4.69) is 15.9 Å². The quantitative estimate of drug-likeness (QED) is 0.906. The van der Waals surface area contributed by atoms with Gasteiger partial charge >= 0.3 is 0 Å². The summed E-state index contributed by atoms with van der Waals surface area (Å²) in [7, 11) is 0. The maximum atomic E-state index is 13.6. The van der Waals surface area contributed by atoms with E-state index in [0.717, 1.165) is 12.8 Å². The fourth-order valence-electron chi connectivity index (χ4n) is 2.03. The van der Waals surface area contributed by atoms with Gasteiger partial charge < -0.3 is 9.84 Å². The molecular formula is C12H14BrFO2. The maximum absolute atomic E-state index is 13.6. The molecule has 0 aromatic heterocycles. The van der Waals surface area contributed by atoms with Crippen molar-refractivity contribution >= 4 is 15.9 Å². The number of rotatable bonds is 2. The van der Waals surface area contributed by atoms with Crippen molar-refractivity contribution in [1.82, 2.24) is 0 Å². The van der Waals surface area contributed by atoms with Crippen LogP contribution < -0.4 is 0 Å². The zero-order valence-electron chi connectivity index (χ0n) is 8.83. The minimum Gasteiger partial charge on any atom is -0.388 e. The predicted molar refractivity (Wildman–Crippen MR) is 62.6 cm³/mol. The van der Waals surface area contributed by atoms with Gasteiger partial charge in [0.15, 0.2) is 0 Å². The van der Waals surface area contributed by atoms with Crippen LogP contribution in [-0.4, -0.2) is 18.3 Å². The van der Waals surface area contributed by atoms with Crippen LogP contribution in [0.5, 0.6) is 0 Å². The molecule has 0 aliphatic carbocycles. The van der Waals surface area contributed by atoms with Crippen LogP contribution in [0, 0.1) is 11.7 Å². The van der Waals surface area contributed by atoms with Gasteiger partial charge in [0.1, 0.15) is 5.82 Å². The van der Waals surface area contributed by atoms with Gasteiger partial charge in [-0.15, -0.1) is 0 Å². The number of halogens is 2. The topological polar surface area (TPSA) is 29.5 Å². The lowest BCUT2D eigenvalue weighted by atomic mass is 9.89. The van der Waals surface area contributed by atoms with Crippen LogP contribution in [-0.2, 0) is 4.74 Å². The molecule has 4 heteroatoms. The minimum absolute atomic E-state index is 0.101. The molecule has 2 rings (SSSR count). The molecule has 0 saturated carbocycles. The van der Waals surface area contributed by atoms with Gasteiger partial charge in [-0.1, -0.05) is 22.0 Å². The van der Waals surface area contributed by atoms with Crippen molar-refractivity contribution in [3.8, 4) is 0 Å². The normalized spacial score (nSPS) is 19.7. The van der Waals surface area contributed by atoms with Crippen LogP contribution in [0.15, 0.2) is 22.7 Å². The molecule has 0 amide bonds. The van der Waals surface area contributed by atoms with Gasteiger partial charge in [-0.3, -0.25) is 0 Å². The molecule has 1 N–H and O–H groups in total. The van der Waals surface area contributed by atoms with Gasteiger partial charge in [-0.2, -0.15) is 0 Å². The van der Waals surface area contributed by atoms with Crippen molar-refractivity contribution in [2.75, 3.05) is 13.2 Å². The first kappa shape index (κ1) is 12.0. The number of ether oxygens (including phenoxy) is 1. The molecular weight excluding hydrogens is 275 g/mol. The molecule has 1 saturated heterocycles. The highest BCUT2D eigenvalue weighted by molar-refractivity contribution is 9.10. The zero-order valence-corrected chi connectivity index (χ0v) is 10.4. The Bertz CT molecular complexity index is 364. The van der Waals surface area contributed by atoms with Gasteiger partial charge in [0.2, 0.25) is 0 Å². The van der Waals surface area contributed by atoms with Gasteiger partial charge in [-0.05, 0) is 30.9 Å². The Balaban J connectivity index is 2.15. The lowest BCUT2D eigenvalue weighted by Crippen LogP contribution is -2.22. The van der Waals surface area contributed by atoms with Gasteiger partial charge in [0, 0.05) is 23.2 Å². The molecule has 1 aliphatic rings. The van der Waals surface area contributed by atoms with E-state index >= 15 is 0 Å². The van der Waals surface area contributed by atoms with Crippen LogP contribution in [0.4, 0.5) is 4.39 Å². The van der Waals surface area contributed by atoms with E-state index in [9.17, 15) is 9.50 Å². The number of aliphatic hydroxyl groups excluding tert-OH is 1. The monoisotopic (exact) mass is 288 g/mol. The molecule has 1 unspecified atom stereocenters. The number of hydrogen-bond acceptors (Lipinski definition) is 2. The highest BCUT2D eigenvalue weighted by Gasteiger charge is 2.25. The Hall–Kier alpha value is -0.450. The summed E-state index contributed by atoms with van der Waals surface area (Å²) in [5.74, 6) is -0.252. The molecule has 1 heterocycles. The molecule has 0 spiro atoms. The van der Waals surface area contributed by atoms with E-state index in [1.165, 1.54) is 6.07 Å². The van der Waals surface area contributed by atoms with Crippen LogP contribution >= 0.6 is 15.9 Å². The molecule has 1 fully saturated rings. The second kappa shape index (κ2) is 5.25. The first-order chi connectivity index (χ1) is 7.68. The Kier molecular flexibility index (Phi) is 3.95. The van der Waals surface area contributed by atoms with E-state index in [4.69, 9.17) is 4.74 Å². The average Bonchev–Trinajstić information content (AvgIpc) is 2.29. The molecule has 1 atom stereocenters. The average molecular weight is 289 g/mol. The second-order valence-electron chi connectivity index (χ2n) is 4.06. The summed E-state index contributed by atoms with van der Waals surface area (Å²) < 4.78 is 19.5. The zero-order chi connectivity index (χ0) is 11.5. The lowest BCUT2D eigenvalue weighted by Gasteiger charge is -2.27. The number of hydrogen-bond donors (Lipinski definition) is 1. The minimum atomic E-state index is -0.725. The van der Waals surface area contributed by atoms with E-state index in [1.807, 2.05) is 0 Å². The first-order valence-electron chi connectivity index (χ1n) is 5.39. The highest BCUT2D eigenvalue weighted by Crippen LogP contribution is 2.32. The van der Waals surface area contributed by atoms with Crippen molar-refractivity contribution in [2.24, 2.45) is 5.92 Å². The van der Waals surface area contributed by atoms with E-state index in [-0.39, 0.29) is 11.7 Å². The van der Waals surface area contributed by atoms with Gasteiger partial charge in [0.25, 0.3) is 0 Å². The van der Waals surface area contributed by atoms with E-state index in [0.29, 0.717) is 23.2 Å².